The first-order chi connectivity index (χ1) is 8.31. The number of nitrogens with zero attached hydrogens (tertiary/aromatic N) is 1. The number of anilines is 2. The van der Waals surface area contributed by atoms with E-state index in [-0.39, 0.29) is 0 Å². The minimum Gasteiger partial charge on any atom is -0.495 e. The van der Waals surface area contributed by atoms with Crippen molar-refractivity contribution in [2.75, 3.05) is 30.4 Å². The Morgan fingerprint density at radius 3 is 3.12 bits per heavy atom. The first kappa shape index (κ1) is 10.8. The van der Waals surface area contributed by atoms with E-state index in [0.717, 1.165) is 18.2 Å². The molecular formula is C14H20N2O. The molecule has 3 rings (SSSR count). The van der Waals surface area contributed by atoms with Crippen LogP contribution in [0.25, 0.3) is 0 Å². The molecular weight excluding hydrogens is 212 g/mol. The SMILES string of the molecule is COc1cccc2c1NCC1C(C)CCCN21. The van der Waals surface area contributed by atoms with E-state index in [2.05, 4.69) is 29.3 Å². The molecule has 2 aliphatic rings. The summed E-state index contributed by atoms with van der Waals surface area (Å²) in [6, 6.07) is 6.96. The van der Waals surface area contributed by atoms with Crippen molar-refractivity contribution in [3.05, 3.63) is 18.2 Å². The fourth-order valence-electron chi connectivity index (χ4n) is 3.17. The van der Waals surface area contributed by atoms with Crippen molar-refractivity contribution in [1.82, 2.24) is 0 Å². The summed E-state index contributed by atoms with van der Waals surface area (Å²) in [5, 5.41) is 3.55. The van der Waals surface area contributed by atoms with E-state index in [4.69, 9.17) is 4.74 Å². The van der Waals surface area contributed by atoms with Gasteiger partial charge in [0.2, 0.25) is 0 Å². The molecule has 0 spiro atoms. The van der Waals surface area contributed by atoms with Crippen molar-refractivity contribution in [2.45, 2.75) is 25.8 Å². The molecule has 2 heterocycles. The minimum absolute atomic E-state index is 0.642. The average Bonchev–Trinajstić information content (AvgIpc) is 2.38. The second-order valence-electron chi connectivity index (χ2n) is 5.12. The molecule has 0 bridgehead atoms. The van der Waals surface area contributed by atoms with Crippen molar-refractivity contribution < 1.29 is 4.74 Å². The van der Waals surface area contributed by atoms with E-state index in [0.29, 0.717) is 6.04 Å². The molecule has 2 aliphatic heterocycles. The van der Waals surface area contributed by atoms with Crippen LogP contribution in [0, 0.1) is 5.92 Å². The van der Waals surface area contributed by atoms with Crippen LogP contribution >= 0.6 is 0 Å². The van der Waals surface area contributed by atoms with Gasteiger partial charge in [0.1, 0.15) is 11.4 Å². The Bertz CT molecular complexity index is 419. The highest BCUT2D eigenvalue weighted by molar-refractivity contribution is 5.79. The molecule has 1 aromatic carbocycles. The Morgan fingerprint density at radius 2 is 2.29 bits per heavy atom. The Morgan fingerprint density at radius 1 is 1.41 bits per heavy atom. The molecule has 0 aromatic heterocycles. The maximum atomic E-state index is 5.43. The van der Waals surface area contributed by atoms with Crippen LogP contribution in [0.2, 0.25) is 0 Å². The molecule has 0 aliphatic carbocycles. The van der Waals surface area contributed by atoms with Gasteiger partial charge in [0.25, 0.3) is 0 Å². The van der Waals surface area contributed by atoms with Crippen LogP contribution in [0.5, 0.6) is 5.75 Å². The molecule has 0 amide bonds. The Hall–Kier alpha value is -1.38. The zero-order valence-electron chi connectivity index (χ0n) is 10.6. The number of nitrogens with one attached hydrogen (secondary N) is 1. The number of hydrogen-bond acceptors (Lipinski definition) is 3. The number of ether oxygens (including phenoxy) is 1. The van der Waals surface area contributed by atoms with Gasteiger partial charge in [-0.2, -0.15) is 0 Å². The van der Waals surface area contributed by atoms with Gasteiger partial charge in [-0.25, -0.2) is 0 Å². The summed E-state index contributed by atoms with van der Waals surface area (Å²) in [6.45, 7) is 4.58. The zero-order chi connectivity index (χ0) is 11.8. The smallest absolute Gasteiger partial charge is 0.144 e. The summed E-state index contributed by atoms with van der Waals surface area (Å²) < 4.78 is 5.43. The molecule has 2 unspecified atom stereocenters. The van der Waals surface area contributed by atoms with Gasteiger partial charge < -0.3 is 15.0 Å². The molecule has 17 heavy (non-hydrogen) atoms. The zero-order valence-corrected chi connectivity index (χ0v) is 10.6. The number of fused-ring (bicyclic) bond motifs is 3. The van der Waals surface area contributed by atoms with Gasteiger partial charge in [-0.3, -0.25) is 0 Å². The van der Waals surface area contributed by atoms with Crippen LogP contribution in [0.1, 0.15) is 19.8 Å². The van der Waals surface area contributed by atoms with E-state index in [1.807, 2.05) is 6.07 Å². The number of methoxy groups -OCH3 is 1. The highest BCUT2D eigenvalue weighted by Crippen LogP contribution is 2.41. The predicted octanol–water partition coefficient (Wildman–Crippen LogP) is 2.73. The van der Waals surface area contributed by atoms with Gasteiger partial charge in [0.05, 0.1) is 12.8 Å². The normalized spacial score (nSPS) is 26.8. The van der Waals surface area contributed by atoms with E-state index in [1.165, 1.54) is 30.8 Å². The number of hydrogen-bond donors (Lipinski definition) is 1. The number of piperidine rings is 1. The van der Waals surface area contributed by atoms with Crippen molar-refractivity contribution >= 4 is 11.4 Å². The first-order valence-corrected chi connectivity index (χ1v) is 6.49. The molecule has 1 N–H and O–H groups in total. The molecule has 1 fully saturated rings. The summed E-state index contributed by atoms with van der Waals surface area (Å²) in [5.74, 6) is 1.73. The fourth-order valence-corrected chi connectivity index (χ4v) is 3.17. The van der Waals surface area contributed by atoms with Crippen molar-refractivity contribution in [2.24, 2.45) is 5.92 Å². The van der Waals surface area contributed by atoms with Gasteiger partial charge >= 0.3 is 0 Å². The third-order valence-electron chi connectivity index (χ3n) is 4.14. The highest BCUT2D eigenvalue weighted by Gasteiger charge is 2.33. The van der Waals surface area contributed by atoms with Crippen LogP contribution < -0.4 is 15.0 Å². The third-order valence-corrected chi connectivity index (χ3v) is 4.14. The van der Waals surface area contributed by atoms with Crippen molar-refractivity contribution in [1.29, 1.82) is 0 Å². The Kier molecular flexibility index (Phi) is 2.61. The van der Waals surface area contributed by atoms with Crippen molar-refractivity contribution in [3.63, 3.8) is 0 Å². The molecule has 2 atom stereocenters. The maximum absolute atomic E-state index is 5.43. The Labute approximate surface area is 103 Å². The topological polar surface area (TPSA) is 24.5 Å². The maximum Gasteiger partial charge on any atom is 0.144 e. The Balaban J connectivity index is 2.01. The number of para-hydroxylation sites is 1. The second-order valence-corrected chi connectivity index (χ2v) is 5.12. The molecule has 3 heteroatoms. The minimum atomic E-state index is 0.642. The quantitative estimate of drug-likeness (QED) is 0.805. The first-order valence-electron chi connectivity index (χ1n) is 6.49. The second kappa shape index (κ2) is 4.13. The van der Waals surface area contributed by atoms with Crippen LogP contribution in [0.4, 0.5) is 11.4 Å². The molecule has 1 aromatic rings. The van der Waals surface area contributed by atoms with Crippen LogP contribution in [-0.2, 0) is 0 Å². The molecule has 3 nitrogen and oxygen atoms in total. The standard InChI is InChI=1S/C14H20N2O/c1-10-5-4-8-16-11-6-3-7-13(17-2)14(11)15-9-12(10)16/h3,6-7,10,12,15H,4-5,8-9H2,1-2H3. The van der Waals surface area contributed by atoms with E-state index in [1.54, 1.807) is 7.11 Å². The molecule has 0 saturated carbocycles. The number of rotatable bonds is 1. The lowest BCUT2D eigenvalue weighted by Gasteiger charge is -2.46. The van der Waals surface area contributed by atoms with Gasteiger partial charge in [0.15, 0.2) is 0 Å². The van der Waals surface area contributed by atoms with Crippen LogP contribution in [0.3, 0.4) is 0 Å². The summed E-state index contributed by atoms with van der Waals surface area (Å²) in [7, 11) is 1.74. The lowest BCUT2D eigenvalue weighted by atomic mass is 9.88. The summed E-state index contributed by atoms with van der Waals surface area (Å²) in [6.07, 6.45) is 2.65. The molecule has 1 saturated heterocycles. The molecule has 92 valence electrons. The van der Waals surface area contributed by atoms with E-state index >= 15 is 0 Å². The third kappa shape index (κ3) is 1.65. The number of benzene rings is 1. The highest BCUT2D eigenvalue weighted by atomic mass is 16.5. The monoisotopic (exact) mass is 232 g/mol. The van der Waals surface area contributed by atoms with Gasteiger partial charge in [-0.05, 0) is 30.9 Å². The van der Waals surface area contributed by atoms with E-state index in [9.17, 15) is 0 Å². The van der Waals surface area contributed by atoms with Crippen LogP contribution in [-0.4, -0.2) is 26.2 Å². The van der Waals surface area contributed by atoms with Gasteiger partial charge in [-0.1, -0.05) is 13.0 Å². The average molecular weight is 232 g/mol. The summed E-state index contributed by atoms with van der Waals surface area (Å²) in [5.41, 5.74) is 2.48. The van der Waals surface area contributed by atoms with E-state index < -0.39 is 0 Å². The van der Waals surface area contributed by atoms with Gasteiger partial charge in [0, 0.05) is 19.1 Å². The molecule has 0 radical (unpaired) electrons. The lowest BCUT2D eigenvalue weighted by molar-refractivity contribution is 0.348. The predicted molar refractivity (Wildman–Crippen MR) is 71.0 cm³/mol. The fraction of sp³-hybridized carbons (Fsp3) is 0.571. The van der Waals surface area contributed by atoms with Gasteiger partial charge in [-0.15, -0.1) is 0 Å². The summed E-state index contributed by atoms with van der Waals surface area (Å²) >= 11 is 0. The van der Waals surface area contributed by atoms with Crippen LogP contribution in [0.15, 0.2) is 18.2 Å². The lowest BCUT2D eigenvalue weighted by Crippen LogP contribution is -2.51. The van der Waals surface area contributed by atoms with Crippen molar-refractivity contribution in [3.8, 4) is 5.75 Å². The summed E-state index contributed by atoms with van der Waals surface area (Å²) in [4.78, 5) is 2.56. The largest absolute Gasteiger partial charge is 0.495 e.